The van der Waals surface area contributed by atoms with E-state index in [1.165, 1.54) is 0 Å². The molecule has 0 heterocycles. The average Bonchev–Trinajstić information content (AvgIpc) is 2.46. The number of carbonyl (C=O) groups is 3. The molecule has 1 atom stereocenters. The van der Waals surface area contributed by atoms with E-state index in [1.54, 1.807) is 31.3 Å². The number of hydrogen-bond donors (Lipinski definition) is 5. The van der Waals surface area contributed by atoms with Gasteiger partial charge in [0.05, 0.1) is 13.1 Å². The number of benzene rings is 1. The molecule has 7 N–H and O–H groups in total. The molecule has 0 saturated heterocycles. The van der Waals surface area contributed by atoms with Crippen molar-refractivity contribution >= 4 is 23.4 Å². The maximum Gasteiger partial charge on any atom is 0.243 e. The third-order valence-corrected chi connectivity index (χ3v) is 2.85. The Morgan fingerprint density at radius 3 is 2.32 bits per heavy atom. The average molecular weight is 307 g/mol. The first-order valence-corrected chi connectivity index (χ1v) is 6.76. The van der Waals surface area contributed by atoms with Crippen molar-refractivity contribution in [3.05, 3.63) is 29.8 Å². The number of amides is 3. The van der Waals surface area contributed by atoms with Gasteiger partial charge in [-0.2, -0.15) is 0 Å². The van der Waals surface area contributed by atoms with E-state index in [2.05, 4.69) is 16.0 Å². The standard InChI is InChI=1S/C14H21N5O3/c1-17-8-13(21)19-11(14(22)18-7-12(16)20)6-9-2-4-10(15)5-3-9/h2-5,11,17H,6-8,15H2,1H3,(H2,16,20)(H,18,22)(H,19,21)/t11-/m0/s1. The van der Waals surface area contributed by atoms with E-state index in [-0.39, 0.29) is 25.4 Å². The second-order valence-electron chi connectivity index (χ2n) is 4.78. The van der Waals surface area contributed by atoms with Gasteiger partial charge in [-0.3, -0.25) is 14.4 Å². The zero-order valence-electron chi connectivity index (χ0n) is 12.4. The summed E-state index contributed by atoms with van der Waals surface area (Å²) in [4.78, 5) is 34.5. The van der Waals surface area contributed by atoms with E-state index in [0.29, 0.717) is 5.69 Å². The zero-order chi connectivity index (χ0) is 16.5. The number of likely N-dealkylation sites (N-methyl/N-ethyl adjacent to an activating group) is 1. The van der Waals surface area contributed by atoms with Crippen LogP contribution in [0.5, 0.6) is 0 Å². The number of nitrogens with one attached hydrogen (secondary N) is 3. The van der Waals surface area contributed by atoms with Gasteiger partial charge in [-0.05, 0) is 24.7 Å². The summed E-state index contributed by atoms with van der Waals surface area (Å²) in [6.45, 7) is -0.194. The Hall–Kier alpha value is -2.61. The molecule has 0 bridgehead atoms. The van der Waals surface area contributed by atoms with Crippen molar-refractivity contribution in [2.75, 3.05) is 25.9 Å². The number of anilines is 1. The first-order valence-electron chi connectivity index (χ1n) is 6.76. The summed E-state index contributed by atoms with van der Waals surface area (Å²) in [5.41, 5.74) is 12.0. The Kier molecular flexibility index (Phi) is 6.84. The summed E-state index contributed by atoms with van der Waals surface area (Å²) in [7, 11) is 1.63. The van der Waals surface area contributed by atoms with Gasteiger partial charge in [0.15, 0.2) is 0 Å². The molecule has 0 fully saturated rings. The minimum Gasteiger partial charge on any atom is -0.399 e. The smallest absolute Gasteiger partial charge is 0.243 e. The fourth-order valence-corrected chi connectivity index (χ4v) is 1.80. The molecular formula is C14H21N5O3. The summed E-state index contributed by atoms with van der Waals surface area (Å²) < 4.78 is 0. The molecular weight excluding hydrogens is 286 g/mol. The minimum absolute atomic E-state index is 0.0847. The van der Waals surface area contributed by atoms with Gasteiger partial charge in [-0.25, -0.2) is 0 Å². The fraction of sp³-hybridized carbons (Fsp3) is 0.357. The molecule has 8 nitrogen and oxygen atoms in total. The van der Waals surface area contributed by atoms with Crippen molar-refractivity contribution in [3.8, 4) is 0 Å². The molecule has 0 unspecified atom stereocenters. The molecule has 0 aliphatic rings. The van der Waals surface area contributed by atoms with Crippen LogP contribution in [0.15, 0.2) is 24.3 Å². The normalized spacial score (nSPS) is 11.5. The summed E-state index contributed by atoms with van der Waals surface area (Å²) >= 11 is 0. The molecule has 1 aromatic carbocycles. The van der Waals surface area contributed by atoms with Crippen LogP contribution < -0.4 is 27.4 Å². The van der Waals surface area contributed by atoms with Crippen molar-refractivity contribution in [2.45, 2.75) is 12.5 Å². The summed E-state index contributed by atoms with van der Waals surface area (Å²) in [5, 5.41) is 7.69. The van der Waals surface area contributed by atoms with E-state index in [4.69, 9.17) is 11.5 Å². The molecule has 0 saturated carbocycles. The number of nitrogens with two attached hydrogens (primary N) is 2. The number of rotatable bonds is 8. The second kappa shape index (κ2) is 8.63. The summed E-state index contributed by atoms with van der Waals surface area (Å²) in [6.07, 6.45) is 0.278. The fourth-order valence-electron chi connectivity index (χ4n) is 1.80. The van der Waals surface area contributed by atoms with Crippen molar-refractivity contribution in [1.82, 2.24) is 16.0 Å². The van der Waals surface area contributed by atoms with Crippen LogP contribution in [0.2, 0.25) is 0 Å². The molecule has 3 amide bonds. The summed E-state index contributed by atoms with van der Waals surface area (Å²) in [6, 6.07) is 6.16. The van der Waals surface area contributed by atoms with Gasteiger partial charge in [0.25, 0.3) is 0 Å². The van der Waals surface area contributed by atoms with E-state index < -0.39 is 17.9 Å². The maximum atomic E-state index is 12.1. The first kappa shape index (κ1) is 17.4. The van der Waals surface area contributed by atoms with Crippen LogP contribution in [0.25, 0.3) is 0 Å². The van der Waals surface area contributed by atoms with Gasteiger partial charge in [-0.15, -0.1) is 0 Å². The van der Waals surface area contributed by atoms with Gasteiger partial charge in [0.1, 0.15) is 6.04 Å². The van der Waals surface area contributed by atoms with Crippen LogP contribution in [0.4, 0.5) is 5.69 Å². The van der Waals surface area contributed by atoms with Crippen LogP contribution in [-0.2, 0) is 20.8 Å². The predicted molar refractivity (Wildman–Crippen MR) is 82.6 cm³/mol. The molecule has 1 aromatic rings. The molecule has 8 heteroatoms. The van der Waals surface area contributed by atoms with Crippen molar-refractivity contribution in [1.29, 1.82) is 0 Å². The highest BCUT2D eigenvalue weighted by molar-refractivity contribution is 5.90. The molecule has 0 aromatic heterocycles. The number of carbonyl (C=O) groups excluding carboxylic acids is 3. The van der Waals surface area contributed by atoms with E-state index in [9.17, 15) is 14.4 Å². The molecule has 22 heavy (non-hydrogen) atoms. The molecule has 0 aliphatic carbocycles. The number of hydrogen-bond acceptors (Lipinski definition) is 5. The monoisotopic (exact) mass is 307 g/mol. The van der Waals surface area contributed by atoms with E-state index in [1.807, 2.05) is 0 Å². The highest BCUT2D eigenvalue weighted by atomic mass is 16.2. The lowest BCUT2D eigenvalue weighted by molar-refractivity contribution is -0.129. The van der Waals surface area contributed by atoms with Gasteiger partial charge in [0.2, 0.25) is 17.7 Å². The molecule has 0 aliphatic heterocycles. The van der Waals surface area contributed by atoms with Crippen LogP contribution in [0.1, 0.15) is 5.56 Å². The van der Waals surface area contributed by atoms with Crippen LogP contribution >= 0.6 is 0 Å². The Balaban J connectivity index is 2.75. The molecule has 0 radical (unpaired) electrons. The number of nitrogen functional groups attached to an aromatic ring is 1. The van der Waals surface area contributed by atoms with Crippen LogP contribution in [0, 0.1) is 0 Å². The third kappa shape index (κ3) is 6.23. The van der Waals surface area contributed by atoms with Crippen molar-refractivity contribution < 1.29 is 14.4 Å². The predicted octanol–water partition coefficient (Wildman–Crippen LogP) is -1.88. The highest BCUT2D eigenvalue weighted by Crippen LogP contribution is 2.08. The Bertz CT molecular complexity index is 530. The van der Waals surface area contributed by atoms with E-state index >= 15 is 0 Å². The Morgan fingerprint density at radius 1 is 1.14 bits per heavy atom. The molecule has 1 rings (SSSR count). The summed E-state index contributed by atoms with van der Waals surface area (Å²) in [5.74, 6) is -1.45. The zero-order valence-corrected chi connectivity index (χ0v) is 12.4. The van der Waals surface area contributed by atoms with Gasteiger partial charge in [-0.1, -0.05) is 12.1 Å². The Morgan fingerprint density at radius 2 is 1.77 bits per heavy atom. The van der Waals surface area contributed by atoms with Crippen LogP contribution in [0.3, 0.4) is 0 Å². The SMILES string of the molecule is CNCC(=O)N[C@@H](Cc1ccc(N)cc1)C(=O)NCC(N)=O. The largest absolute Gasteiger partial charge is 0.399 e. The maximum absolute atomic E-state index is 12.1. The van der Waals surface area contributed by atoms with Gasteiger partial charge in [0, 0.05) is 12.1 Å². The topological polar surface area (TPSA) is 139 Å². The van der Waals surface area contributed by atoms with Crippen molar-refractivity contribution in [3.63, 3.8) is 0 Å². The van der Waals surface area contributed by atoms with Gasteiger partial charge < -0.3 is 27.4 Å². The lowest BCUT2D eigenvalue weighted by atomic mass is 10.0. The van der Waals surface area contributed by atoms with Crippen molar-refractivity contribution in [2.24, 2.45) is 5.73 Å². The Labute approximate surface area is 128 Å². The van der Waals surface area contributed by atoms with E-state index in [0.717, 1.165) is 5.56 Å². The molecule has 120 valence electrons. The second-order valence-corrected chi connectivity index (χ2v) is 4.78. The highest BCUT2D eigenvalue weighted by Gasteiger charge is 2.21. The molecule has 0 spiro atoms. The minimum atomic E-state index is -0.802. The lowest BCUT2D eigenvalue weighted by Crippen LogP contribution is -2.51. The van der Waals surface area contributed by atoms with Gasteiger partial charge >= 0.3 is 0 Å². The number of primary amides is 1. The first-order chi connectivity index (χ1) is 10.4. The third-order valence-electron chi connectivity index (χ3n) is 2.85. The quantitative estimate of drug-likeness (QED) is 0.358. The lowest BCUT2D eigenvalue weighted by Gasteiger charge is -2.18. The van der Waals surface area contributed by atoms with Crippen LogP contribution in [-0.4, -0.2) is 43.9 Å².